The number of hydrogen-bond acceptors (Lipinski definition) is 6. The molecule has 2 atom stereocenters. The molecule has 1 aliphatic carbocycles. The zero-order valence-corrected chi connectivity index (χ0v) is 23.4. The second-order valence-corrected chi connectivity index (χ2v) is 11.3. The molecule has 208 valence electrons. The summed E-state index contributed by atoms with van der Waals surface area (Å²) in [5.41, 5.74) is 0.309. The molecule has 0 amide bonds. The highest BCUT2D eigenvalue weighted by molar-refractivity contribution is 7.99. The average Bonchev–Trinajstić information content (AvgIpc) is 3.51. The molecule has 5 rings (SSSR count). The number of halogens is 5. The molecule has 1 saturated carbocycles. The highest BCUT2D eigenvalue weighted by Crippen LogP contribution is 2.37. The van der Waals surface area contributed by atoms with E-state index in [0.717, 1.165) is 87.1 Å². The first kappa shape index (κ1) is 30.3. The van der Waals surface area contributed by atoms with Crippen molar-refractivity contribution in [2.24, 2.45) is 13.0 Å². The first-order chi connectivity index (χ1) is 16.8. The number of benzene rings is 1. The van der Waals surface area contributed by atoms with Crippen molar-refractivity contribution < 1.29 is 18.3 Å². The van der Waals surface area contributed by atoms with Crippen molar-refractivity contribution in [3.63, 3.8) is 0 Å². The van der Waals surface area contributed by atoms with Gasteiger partial charge < -0.3 is 19.5 Å². The fourth-order valence-electron chi connectivity index (χ4n) is 5.99. The summed E-state index contributed by atoms with van der Waals surface area (Å²) < 4.78 is 40.8. The minimum Gasteiger partial charge on any atom is -0.393 e. The number of thioether (sulfide) groups is 1. The molecule has 2 saturated heterocycles. The Labute approximate surface area is 233 Å². The maximum atomic E-state index is 12.9. The van der Waals surface area contributed by atoms with E-state index in [1.807, 2.05) is 7.05 Å². The number of aliphatic hydroxyl groups is 1. The van der Waals surface area contributed by atoms with Gasteiger partial charge in [0.1, 0.15) is 5.82 Å². The normalized spacial score (nSPS) is 26.0. The minimum absolute atomic E-state index is 0. The summed E-state index contributed by atoms with van der Waals surface area (Å²) in [5, 5.41) is 19.6. The summed E-state index contributed by atoms with van der Waals surface area (Å²) in [5.74, 6) is 2.99. The van der Waals surface area contributed by atoms with Gasteiger partial charge in [0.15, 0.2) is 5.16 Å². The van der Waals surface area contributed by atoms with E-state index >= 15 is 0 Å². The largest absolute Gasteiger partial charge is 0.416 e. The Morgan fingerprint density at radius 2 is 1.70 bits per heavy atom. The van der Waals surface area contributed by atoms with Gasteiger partial charge in [0.2, 0.25) is 0 Å². The van der Waals surface area contributed by atoms with Crippen molar-refractivity contribution in [1.82, 2.24) is 19.7 Å². The summed E-state index contributed by atoms with van der Waals surface area (Å²) in [6.07, 6.45) is 1.32. The van der Waals surface area contributed by atoms with Gasteiger partial charge in [-0.2, -0.15) is 13.2 Å². The third-order valence-corrected chi connectivity index (χ3v) is 9.04. The number of likely N-dealkylation sites (tertiary alicyclic amines) is 1. The van der Waals surface area contributed by atoms with Gasteiger partial charge in [0, 0.05) is 50.1 Å². The molecule has 1 aromatic heterocycles. The van der Waals surface area contributed by atoms with Crippen LogP contribution in [0.4, 0.5) is 18.9 Å². The quantitative estimate of drug-likeness (QED) is 0.349. The Kier molecular flexibility index (Phi) is 10.5. The molecular formula is C25H36Cl2F3N5OS. The number of aromatic nitrogens is 3. The van der Waals surface area contributed by atoms with Gasteiger partial charge in [-0.3, -0.25) is 0 Å². The number of alkyl halides is 3. The van der Waals surface area contributed by atoms with Crippen LogP contribution in [0.5, 0.6) is 0 Å². The Hall–Kier alpha value is -1.20. The smallest absolute Gasteiger partial charge is 0.393 e. The molecule has 0 spiro atoms. The summed E-state index contributed by atoms with van der Waals surface area (Å²) in [6, 6.07) is 6.02. The van der Waals surface area contributed by atoms with Crippen LogP contribution in [-0.2, 0) is 13.2 Å². The van der Waals surface area contributed by atoms with Crippen molar-refractivity contribution in [2.45, 2.75) is 67.9 Å². The zero-order chi connectivity index (χ0) is 24.6. The Morgan fingerprint density at radius 1 is 1.00 bits per heavy atom. The van der Waals surface area contributed by atoms with E-state index in [1.165, 1.54) is 12.1 Å². The monoisotopic (exact) mass is 581 g/mol. The molecule has 1 aromatic carbocycles. The van der Waals surface area contributed by atoms with E-state index in [9.17, 15) is 18.3 Å². The number of nitrogens with zero attached hydrogens (tertiary/aromatic N) is 5. The van der Waals surface area contributed by atoms with E-state index in [-0.39, 0.29) is 30.9 Å². The molecule has 3 fully saturated rings. The van der Waals surface area contributed by atoms with Crippen LogP contribution in [0.25, 0.3) is 0 Å². The lowest BCUT2D eigenvalue weighted by atomic mass is 9.87. The molecule has 2 aromatic rings. The van der Waals surface area contributed by atoms with Crippen LogP contribution in [0.3, 0.4) is 0 Å². The first-order valence-corrected chi connectivity index (χ1v) is 13.6. The second kappa shape index (κ2) is 12.8. The van der Waals surface area contributed by atoms with Crippen LogP contribution in [0.15, 0.2) is 29.4 Å². The second-order valence-electron chi connectivity index (χ2n) is 10.2. The van der Waals surface area contributed by atoms with Gasteiger partial charge in [0.05, 0.1) is 11.7 Å². The molecule has 3 aliphatic rings. The highest BCUT2D eigenvalue weighted by Gasteiger charge is 2.41. The van der Waals surface area contributed by atoms with Crippen molar-refractivity contribution in [1.29, 1.82) is 0 Å². The van der Waals surface area contributed by atoms with Crippen LogP contribution in [0.2, 0.25) is 0 Å². The lowest BCUT2D eigenvalue weighted by molar-refractivity contribution is -0.137. The summed E-state index contributed by atoms with van der Waals surface area (Å²) >= 11 is 1.75. The molecule has 0 bridgehead atoms. The van der Waals surface area contributed by atoms with Crippen molar-refractivity contribution in [3.05, 3.63) is 35.7 Å². The fraction of sp³-hybridized carbons (Fsp3) is 0.680. The molecule has 0 radical (unpaired) electrons. The van der Waals surface area contributed by atoms with Crippen LogP contribution < -0.4 is 4.90 Å². The number of aliphatic hydroxyl groups excluding tert-OH is 1. The Bertz CT molecular complexity index is 1000. The third-order valence-electron chi connectivity index (χ3n) is 7.93. The Balaban J connectivity index is 0.00000190. The molecule has 37 heavy (non-hydrogen) atoms. The zero-order valence-electron chi connectivity index (χ0n) is 20.9. The van der Waals surface area contributed by atoms with Crippen LogP contribution in [-0.4, -0.2) is 68.8 Å². The molecule has 2 aliphatic heterocycles. The third kappa shape index (κ3) is 6.87. The van der Waals surface area contributed by atoms with E-state index in [2.05, 4.69) is 24.6 Å². The first-order valence-electron chi connectivity index (χ1n) is 12.7. The standard InChI is InChI=1S/C25H34F3N5OS.2ClH/c1-31-23(17-3-9-21(34)10-4-17)29-30-24(31)35-14-2-12-32-15-18-11-13-33(22(18)16-32)20-7-5-19(6-8-20)25(26,27)28;;/h5-8,17-18,21-22,34H,2-4,9-16H2,1H3;2*1H/t17?,18-,21?,22+;;/m1../s1. The molecular weight excluding hydrogens is 546 g/mol. The average molecular weight is 583 g/mol. The fourth-order valence-corrected chi connectivity index (χ4v) is 6.83. The van der Waals surface area contributed by atoms with Gasteiger partial charge in [-0.1, -0.05) is 11.8 Å². The molecule has 1 N–H and O–H groups in total. The maximum Gasteiger partial charge on any atom is 0.416 e. The van der Waals surface area contributed by atoms with Crippen molar-refractivity contribution >= 4 is 42.3 Å². The number of rotatable bonds is 7. The van der Waals surface area contributed by atoms with E-state index in [1.54, 1.807) is 23.9 Å². The predicted molar refractivity (Wildman–Crippen MR) is 145 cm³/mol. The van der Waals surface area contributed by atoms with E-state index < -0.39 is 11.7 Å². The van der Waals surface area contributed by atoms with Crippen molar-refractivity contribution in [2.75, 3.05) is 36.8 Å². The van der Waals surface area contributed by atoms with Gasteiger partial charge in [0.25, 0.3) is 0 Å². The summed E-state index contributed by atoms with van der Waals surface area (Å²) in [4.78, 5) is 4.80. The highest BCUT2D eigenvalue weighted by atomic mass is 35.5. The number of anilines is 1. The topological polar surface area (TPSA) is 57.4 Å². The lowest BCUT2D eigenvalue weighted by Crippen LogP contribution is -2.35. The molecule has 12 heteroatoms. The number of fused-ring (bicyclic) bond motifs is 1. The van der Waals surface area contributed by atoms with Gasteiger partial charge >= 0.3 is 6.18 Å². The molecule has 6 nitrogen and oxygen atoms in total. The minimum atomic E-state index is -4.29. The van der Waals surface area contributed by atoms with E-state index in [0.29, 0.717) is 17.9 Å². The lowest BCUT2D eigenvalue weighted by Gasteiger charge is -2.27. The predicted octanol–water partition coefficient (Wildman–Crippen LogP) is 5.39. The number of hydrogen-bond donors (Lipinski definition) is 1. The summed E-state index contributed by atoms with van der Waals surface area (Å²) in [7, 11) is 2.04. The van der Waals surface area contributed by atoms with E-state index in [4.69, 9.17) is 0 Å². The SMILES string of the molecule is Cl.Cl.Cn1c(SCCCN2C[C@H]3CCN(c4ccc(C(F)(F)F)cc4)[C@H]3C2)nnc1C1CCC(O)CC1. The molecule has 0 unspecified atom stereocenters. The van der Waals surface area contributed by atoms with Crippen molar-refractivity contribution in [3.8, 4) is 0 Å². The Morgan fingerprint density at radius 3 is 2.38 bits per heavy atom. The van der Waals surface area contributed by atoms with Crippen LogP contribution in [0.1, 0.15) is 55.8 Å². The molecule has 3 heterocycles. The van der Waals surface area contributed by atoms with Gasteiger partial charge in [-0.15, -0.1) is 35.0 Å². The van der Waals surface area contributed by atoms with Gasteiger partial charge in [-0.05, 0) is 75.3 Å². The maximum absolute atomic E-state index is 12.9. The van der Waals surface area contributed by atoms with Gasteiger partial charge in [-0.25, -0.2) is 0 Å². The van der Waals surface area contributed by atoms with Crippen LogP contribution in [0, 0.1) is 5.92 Å². The van der Waals surface area contributed by atoms with Crippen LogP contribution >= 0.6 is 36.6 Å². The summed E-state index contributed by atoms with van der Waals surface area (Å²) in [6.45, 7) is 3.97.